The van der Waals surface area contributed by atoms with Crippen molar-refractivity contribution in [2.24, 2.45) is 0 Å². The van der Waals surface area contributed by atoms with E-state index in [0.717, 1.165) is 0 Å². The quantitative estimate of drug-likeness (QED) is 0.868. The zero-order chi connectivity index (χ0) is 19.4. The Kier molecular flexibility index (Phi) is 5.29. The smallest absolute Gasteiger partial charge is 0.486 e. The molecule has 0 aliphatic carbocycles. The number of carbonyl (C=O) groups excluding carboxylic acids is 1. The predicted octanol–water partition coefficient (Wildman–Crippen LogP) is 4.02. The molecule has 0 bridgehead atoms. The first kappa shape index (κ1) is 18.7. The number of para-hydroxylation sites is 1. The fraction of sp³-hybridized carbons (Fsp3) is 0.278. The van der Waals surface area contributed by atoms with Gasteiger partial charge in [-0.2, -0.15) is 0 Å². The van der Waals surface area contributed by atoms with Gasteiger partial charge in [-0.1, -0.05) is 18.2 Å². The minimum Gasteiger partial charge on any atom is -0.486 e. The van der Waals surface area contributed by atoms with Crippen molar-refractivity contribution < 1.29 is 32.2 Å². The van der Waals surface area contributed by atoms with Crippen LogP contribution in [0.15, 0.2) is 42.5 Å². The second kappa shape index (κ2) is 7.65. The van der Waals surface area contributed by atoms with E-state index in [1.165, 1.54) is 30.1 Å². The van der Waals surface area contributed by atoms with E-state index in [-0.39, 0.29) is 17.9 Å². The van der Waals surface area contributed by atoms with Crippen LogP contribution in [0, 0.1) is 0 Å². The van der Waals surface area contributed by atoms with Gasteiger partial charge >= 0.3 is 12.4 Å². The fourth-order valence-electron chi connectivity index (χ4n) is 2.53. The monoisotopic (exact) mass is 382 g/mol. The van der Waals surface area contributed by atoms with E-state index in [2.05, 4.69) is 10.1 Å². The summed E-state index contributed by atoms with van der Waals surface area (Å²) >= 11 is 0. The second-order valence-electron chi connectivity index (χ2n) is 5.80. The van der Waals surface area contributed by atoms with Gasteiger partial charge in [-0.3, -0.25) is 0 Å². The third kappa shape index (κ3) is 4.96. The molecular formula is C18H17F3N2O4. The van der Waals surface area contributed by atoms with Crippen molar-refractivity contribution in [3.8, 4) is 17.2 Å². The third-order valence-corrected chi connectivity index (χ3v) is 3.75. The first-order valence-electron chi connectivity index (χ1n) is 8.07. The Hall–Kier alpha value is -3.10. The molecule has 2 amide bonds. The van der Waals surface area contributed by atoms with Gasteiger partial charge < -0.3 is 24.4 Å². The maximum absolute atomic E-state index is 12.5. The van der Waals surface area contributed by atoms with Crippen molar-refractivity contribution in [1.29, 1.82) is 0 Å². The number of alkyl halides is 3. The molecule has 0 fully saturated rings. The zero-order valence-electron chi connectivity index (χ0n) is 14.4. The molecule has 9 heteroatoms. The fourth-order valence-corrected chi connectivity index (χ4v) is 2.53. The summed E-state index contributed by atoms with van der Waals surface area (Å²) in [6.07, 6.45) is -4.80. The van der Waals surface area contributed by atoms with Gasteiger partial charge in [0.05, 0.1) is 6.54 Å². The van der Waals surface area contributed by atoms with Crippen LogP contribution in [0.1, 0.15) is 5.56 Å². The van der Waals surface area contributed by atoms with Gasteiger partial charge in [0.15, 0.2) is 11.5 Å². The van der Waals surface area contributed by atoms with Crippen LogP contribution >= 0.6 is 0 Å². The summed E-state index contributed by atoms with van der Waals surface area (Å²) in [6.45, 7) is 0.809. The minimum absolute atomic E-state index is 0.0668. The highest BCUT2D eigenvalue weighted by atomic mass is 19.4. The number of nitrogens with one attached hydrogen (secondary N) is 1. The van der Waals surface area contributed by atoms with E-state index >= 15 is 0 Å². The lowest BCUT2D eigenvalue weighted by Gasteiger charge is -2.22. The van der Waals surface area contributed by atoms with Crippen LogP contribution < -0.4 is 19.5 Å². The summed E-state index contributed by atoms with van der Waals surface area (Å²) in [5.74, 6) is 0.764. The maximum atomic E-state index is 12.5. The van der Waals surface area contributed by atoms with E-state index < -0.39 is 12.4 Å². The lowest BCUT2D eigenvalue weighted by atomic mass is 10.2. The Morgan fingerprint density at radius 1 is 1.15 bits per heavy atom. The Bertz CT molecular complexity index is 826. The molecule has 1 N–H and O–H groups in total. The Morgan fingerprint density at radius 2 is 1.85 bits per heavy atom. The maximum Gasteiger partial charge on any atom is 0.573 e. The number of hydrogen-bond donors (Lipinski definition) is 1. The number of nitrogens with zero attached hydrogens (tertiary/aromatic N) is 1. The second-order valence-corrected chi connectivity index (χ2v) is 5.80. The highest BCUT2D eigenvalue weighted by Crippen LogP contribution is 2.33. The van der Waals surface area contributed by atoms with E-state index in [1.54, 1.807) is 24.3 Å². The molecule has 1 aliphatic rings. The molecule has 0 saturated heterocycles. The van der Waals surface area contributed by atoms with Crippen LogP contribution in [-0.2, 0) is 6.54 Å². The van der Waals surface area contributed by atoms with Crippen molar-refractivity contribution in [3.63, 3.8) is 0 Å². The number of anilines is 1. The average Bonchev–Trinajstić information content (AvgIpc) is 2.62. The van der Waals surface area contributed by atoms with Crippen molar-refractivity contribution in [2.75, 3.05) is 25.6 Å². The van der Waals surface area contributed by atoms with Crippen molar-refractivity contribution in [1.82, 2.24) is 4.90 Å². The largest absolute Gasteiger partial charge is 0.573 e. The first-order chi connectivity index (χ1) is 12.8. The van der Waals surface area contributed by atoms with Crippen LogP contribution in [0.5, 0.6) is 17.2 Å². The number of benzene rings is 2. The van der Waals surface area contributed by atoms with Crippen LogP contribution in [0.4, 0.5) is 23.7 Å². The van der Waals surface area contributed by atoms with Crippen LogP contribution in [0.25, 0.3) is 0 Å². The summed E-state index contributed by atoms with van der Waals surface area (Å²) in [6, 6.07) is 10.1. The standard InChI is InChI=1S/C18H17F3N2O4/c1-23(11-12-4-2-3-5-14(12)27-18(19,20)21)17(24)22-13-6-7-15-16(10-13)26-9-8-25-15/h2-7,10H,8-9,11H2,1H3,(H,22,24). The summed E-state index contributed by atoms with van der Waals surface area (Å²) < 4.78 is 52.4. The normalized spacial score (nSPS) is 13.0. The molecule has 2 aromatic carbocycles. The number of carbonyl (C=O) groups is 1. The van der Waals surface area contributed by atoms with Gasteiger partial charge in [0, 0.05) is 24.4 Å². The van der Waals surface area contributed by atoms with E-state index in [0.29, 0.717) is 30.4 Å². The lowest BCUT2D eigenvalue weighted by molar-refractivity contribution is -0.275. The number of halogens is 3. The molecular weight excluding hydrogens is 365 g/mol. The molecule has 27 heavy (non-hydrogen) atoms. The van der Waals surface area contributed by atoms with Gasteiger partial charge in [0.2, 0.25) is 0 Å². The Balaban J connectivity index is 1.66. The van der Waals surface area contributed by atoms with Crippen molar-refractivity contribution >= 4 is 11.7 Å². The molecule has 1 heterocycles. The van der Waals surface area contributed by atoms with Crippen molar-refractivity contribution in [3.05, 3.63) is 48.0 Å². The molecule has 6 nitrogen and oxygen atoms in total. The van der Waals surface area contributed by atoms with E-state index in [1.807, 2.05) is 0 Å². The topological polar surface area (TPSA) is 60.0 Å². The number of urea groups is 1. The van der Waals surface area contributed by atoms with E-state index in [9.17, 15) is 18.0 Å². The molecule has 0 saturated carbocycles. The third-order valence-electron chi connectivity index (χ3n) is 3.75. The van der Waals surface area contributed by atoms with Crippen LogP contribution in [0.2, 0.25) is 0 Å². The molecule has 144 valence electrons. The molecule has 0 atom stereocenters. The Morgan fingerprint density at radius 3 is 2.59 bits per heavy atom. The summed E-state index contributed by atoms with van der Waals surface area (Å²) in [5.41, 5.74) is 0.713. The molecule has 3 rings (SSSR count). The number of rotatable bonds is 4. The Labute approximate surface area is 153 Å². The van der Waals surface area contributed by atoms with Crippen molar-refractivity contribution in [2.45, 2.75) is 12.9 Å². The summed E-state index contributed by atoms with van der Waals surface area (Å²) in [4.78, 5) is 13.6. The highest BCUT2D eigenvalue weighted by molar-refractivity contribution is 5.89. The number of amides is 2. The van der Waals surface area contributed by atoms with Gasteiger partial charge in [-0.15, -0.1) is 13.2 Å². The molecule has 0 spiro atoms. The SMILES string of the molecule is CN(Cc1ccccc1OC(F)(F)F)C(=O)Nc1ccc2c(c1)OCCO2. The van der Waals surface area contributed by atoms with Gasteiger partial charge in [0.1, 0.15) is 19.0 Å². The first-order valence-corrected chi connectivity index (χ1v) is 8.07. The summed E-state index contributed by atoms with van der Waals surface area (Å²) in [7, 11) is 1.47. The predicted molar refractivity (Wildman–Crippen MR) is 91.0 cm³/mol. The molecule has 0 radical (unpaired) electrons. The van der Waals surface area contributed by atoms with Gasteiger partial charge in [-0.25, -0.2) is 4.79 Å². The van der Waals surface area contributed by atoms with Crippen LogP contribution in [-0.4, -0.2) is 37.6 Å². The highest BCUT2D eigenvalue weighted by Gasteiger charge is 2.32. The number of ether oxygens (including phenoxy) is 3. The molecule has 2 aromatic rings. The average molecular weight is 382 g/mol. The van der Waals surface area contributed by atoms with Gasteiger partial charge in [-0.05, 0) is 18.2 Å². The molecule has 0 unspecified atom stereocenters. The lowest BCUT2D eigenvalue weighted by Crippen LogP contribution is -2.31. The molecule has 0 aromatic heterocycles. The number of hydrogen-bond acceptors (Lipinski definition) is 4. The zero-order valence-corrected chi connectivity index (χ0v) is 14.4. The minimum atomic E-state index is -4.80. The number of fused-ring (bicyclic) bond motifs is 1. The van der Waals surface area contributed by atoms with Gasteiger partial charge in [0.25, 0.3) is 0 Å². The van der Waals surface area contributed by atoms with Crippen LogP contribution in [0.3, 0.4) is 0 Å². The molecule has 1 aliphatic heterocycles. The van der Waals surface area contributed by atoms with E-state index in [4.69, 9.17) is 9.47 Å². The summed E-state index contributed by atoms with van der Waals surface area (Å²) in [5, 5.41) is 2.67.